The summed E-state index contributed by atoms with van der Waals surface area (Å²) in [5.41, 5.74) is 14.2. The highest BCUT2D eigenvalue weighted by atomic mass is 16.5. The molecular weight excluding hydrogens is 468 g/mol. The molecule has 2 heterocycles. The Morgan fingerprint density at radius 3 is 2.42 bits per heavy atom. The van der Waals surface area contributed by atoms with Crippen molar-refractivity contribution < 1.29 is 24.5 Å². The maximum absolute atomic E-state index is 11.6. The highest BCUT2D eigenvalue weighted by Crippen LogP contribution is 2.20. The number of carbonyl (C=O) groups is 2. The number of hydrogen-bond acceptors (Lipinski definition) is 11. The molecule has 0 saturated heterocycles. The van der Waals surface area contributed by atoms with Crippen LogP contribution in [0.5, 0.6) is 0 Å². The van der Waals surface area contributed by atoms with Gasteiger partial charge in [-0.05, 0) is 44.5 Å². The van der Waals surface area contributed by atoms with Gasteiger partial charge in [0.2, 0.25) is 11.8 Å². The van der Waals surface area contributed by atoms with Crippen molar-refractivity contribution in [3.8, 4) is 0 Å². The first-order valence-electron chi connectivity index (χ1n) is 11.1. The Hall–Kier alpha value is -4.55. The molecule has 2 aromatic heterocycles. The maximum atomic E-state index is 11.6. The van der Waals surface area contributed by atoms with Crippen LogP contribution in [0.25, 0.3) is 11.2 Å². The summed E-state index contributed by atoms with van der Waals surface area (Å²) < 4.78 is 5.76. The van der Waals surface area contributed by atoms with Gasteiger partial charge in [0.05, 0.1) is 24.5 Å². The first-order chi connectivity index (χ1) is 17.0. The molecule has 0 aliphatic heterocycles. The number of nitrogen functional groups attached to an aromatic ring is 2. The van der Waals surface area contributed by atoms with E-state index in [4.69, 9.17) is 21.3 Å². The number of carboxylic acids is 2. The molecule has 0 saturated carbocycles. The number of ether oxygens (including phenoxy) is 1. The molecule has 0 aliphatic carbocycles. The minimum absolute atomic E-state index is 0.0279. The Morgan fingerprint density at radius 1 is 1.11 bits per heavy atom. The summed E-state index contributed by atoms with van der Waals surface area (Å²) in [4.78, 5) is 45.3. The fourth-order valence-corrected chi connectivity index (χ4v) is 3.29. The van der Waals surface area contributed by atoms with Crippen molar-refractivity contribution in [2.45, 2.75) is 45.4 Å². The Balaban J connectivity index is 1.81. The molecule has 3 aromatic rings. The van der Waals surface area contributed by atoms with Gasteiger partial charge in [0.1, 0.15) is 0 Å². The molecule has 1 unspecified atom stereocenters. The lowest BCUT2D eigenvalue weighted by Gasteiger charge is -2.20. The highest BCUT2D eigenvalue weighted by Gasteiger charge is 2.21. The van der Waals surface area contributed by atoms with Gasteiger partial charge in [-0.25, -0.2) is 19.8 Å². The first kappa shape index (κ1) is 26.1. The van der Waals surface area contributed by atoms with E-state index < -0.39 is 18.0 Å². The van der Waals surface area contributed by atoms with Gasteiger partial charge < -0.3 is 31.3 Å². The summed E-state index contributed by atoms with van der Waals surface area (Å²) in [6.45, 7) is 3.99. The summed E-state index contributed by atoms with van der Waals surface area (Å²) in [5, 5.41) is 18.4. The van der Waals surface area contributed by atoms with Crippen LogP contribution in [0.4, 0.5) is 17.5 Å². The van der Waals surface area contributed by atoms with Gasteiger partial charge in [-0.1, -0.05) is 0 Å². The van der Waals surface area contributed by atoms with Gasteiger partial charge in [-0.15, -0.1) is 0 Å². The van der Waals surface area contributed by atoms with Gasteiger partial charge in [-0.3, -0.25) is 4.79 Å². The fraction of sp³-hybridized carbons (Fsp3) is 0.348. The van der Waals surface area contributed by atoms with Crippen molar-refractivity contribution in [3.63, 3.8) is 0 Å². The molecule has 190 valence electrons. The average molecular weight is 497 g/mol. The quantitative estimate of drug-likeness (QED) is 0.234. The number of nitrogens with two attached hydrogens (primary N) is 2. The first-order valence-corrected chi connectivity index (χ1v) is 11.1. The van der Waals surface area contributed by atoms with Crippen LogP contribution < -0.4 is 16.4 Å². The molecule has 0 aliphatic rings. The monoisotopic (exact) mass is 496 g/mol. The molecule has 0 radical (unpaired) electrons. The van der Waals surface area contributed by atoms with Gasteiger partial charge in [0.15, 0.2) is 23.0 Å². The number of fused-ring (bicyclic) bond motifs is 1. The molecular formula is C23H28N8O5. The predicted octanol–water partition coefficient (Wildman–Crippen LogP) is 1.71. The van der Waals surface area contributed by atoms with E-state index in [0.29, 0.717) is 29.0 Å². The number of anilines is 3. The number of aliphatic imine (C=N–C) groups is 1. The Kier molecular flexibility index (Phi) is 8.14. The van der Waals surface area contributed by atoms with Crippen LogP contribution >= 0.6 is 0 Å². The number of carboxylic acid groups (broad SMARTS) is 2. The van der Waals surface area contributed by atoms with Crippen LogP contribution in [-0.2, 0) is 20.9 Å². The van der Waals surface area contributed by atoms with E-state index in [-0.39, 0.29) is 36.6 Å². The second-order valence-corrected chi connectivity index (χ2v) is 8.29. The average Bonchev–Trinajstić information content (AvgIpc) is 2.80. The van der Waals surface area contributed by atoms with Crippen LogP contribution in [0, 0.1) is 0 Å². The number of rotatable bonds is 10. The van der Waals surface area contributed by atoms with E-state index in [0.717, 1.165) is 5.69 Å². The largest absolute Gasteiger partial charge is 0.481 e. The van der Waals surface area contributed by atoms with Gasteiger partial charge in [-0.2, -0.15) is 9.97 Å². The number of hydrogen-bond donors (Lipinski definition) is 4. The maximum Gasteiger partial charge on any atom is 0.328 e. The molecule has 6 N–H and O–H groups in total. The molecule has 13 nitrogen and oxygen atoms in total. The molecule has 1 atom stereocenters. The number of aliphatic carboxylic acids is 2. The summed E-state index contributed by atoms with van der Waals surface area (Å²) in [6, 6.07) is 5.92. The van der Waals surface area contributed by atoms with E-state index in [9.17, 15) is 14.7 Å². The topological polar surface area (TPSA) is 203 Å². The minimum Gasteiger partial charge on any atom is -0.481 e. The second-order valence-electron chi connectivity index (χ2n) is 8.29. The minimum atomic E-state index is -1.24. The van der Waals surface area contributed by atoms with Crippen molar-refractivity contribution in [3.05, 3.63) is 41.7 Å². The Morgan fingerprint density at radius 2 is 1.81 bits per heavy atom. The SMILES string of the molecule is CC(C)OC(=NC(CCC(=O)O)C(=O)O)c1ccc(N(C)Cc2cnc3nc(N)nc(N)c3n2)cc1. The van der Waals surface area contributed by atoms with Gasteiger partial charge in [0, 0.05) is 24.7 Å². The summed E-state index contributed by atoms with van der Waals surface area (Å²) >= 11 is 0. The van der Waals surface area contributed by atoms with E-state index in [1.165, 1.54) is 0 Å². The van der Waals surface area contributed by atoms with E-state index >= 15 is 0 Å². The predicted molar refractivity (Wildman–Crippen MR) is 134 cm³/mol. The van der Waals surface area contributed by atoms with Crippen molar-refractivity contribution in [1.82, 2.24) is 19.9 Å². The smallest absolute Gasteiger partial charge is 0.328 e. The molecule has 0 amide bonds. The molecule has 3 rings (SSSR count). The molecule has 0 spiro atoms. The number of benzene rings is 1. The van der Waals surface area contributed by atoms with Crippen LogP contribution in [0.2, 0.25) is 0 Å². The Bertz CT molecular complexity index is 1280. The molecule has 0 bridgehead atoms. The standard InChI is InChI=1S/C23H28N8O5/c1-12(2)36-21(28-16(22(34)35)8-9-17(32)33)13-4-6-15(7-5-13)31(3)11-14-10-26-20-18(27-14)19(24)29-23(25)30-20/h4-7,10,12,16H,8-9,11H2,1-3H3,(H,32,33)(H,34,35)(H4,24,25,26,29,30). The molecule has 1 aromatic carbocycles. The van der Waals surface area contributed by atoms with Crippen LogP contribution in [-0.4, -0.2) is 67.2 Å². The van der Waals surface area contributed by atoms with E-state index in [1.54, 1.807) is 32.2 Å². The molecule has 0 fully saturated rings. The zero-order chi connectivity index (χ0) is 26.4. The zero-order valence-corrected chi connectivity index (χ0v) is 20.1. The number of aromatic nitrogens is 4. The van der Waals surface area contributed by atoms with Crippen molar-refractivity contribution in [2.24, 2.45) is 4.99 Å². The third kappa shape index (κ3) is 6.74. The van der Waals surface area contributed by atoms with Crippen molar-refractivity contribution in [1.29, 1.82) is 0 Å². The van der Waals surface area contributed by atoms with Crippen LogP contribution in [0.1, 0.15) is 37.9 Å². The summed E-state index contributed by atoms with van der Waals surface area (Å²) in [7, 11) is 1.87. The zero-order valence-electron chi connectivity index (χ0n) is 20.1. The normalized spacial score (nSPS) is 12.5. The fourth-order valence-electron chi connectivity index (χ4n) is 3.29. The van der Waals surface area contributed by atoms with Crippen LogP contribution in [0.15, 0.2) is 35.5 Å². The van der Waals surface area contributed by atoms with E-state index in [2.05, 4.69) is 24.9 Å². The molecule has 36 heavy (non-hydrogen) atoms. The highest BCUT2D eigenvalue weighted by molar-refractivity contribution is 5.96. The third-order valence-electron chi connectivity index (χ3n) is 4.99. The lowest BCUT2D eigenvalue weighted by atomic mass is 10.1. The second kappa shape index (κ2) is 11.3. The van der Waals surface area contributed by atoms with Gasteiger partial charge >= 0.3 is 11.9 Å². The summed E-state index contributed by atoms with van der Waals surface area (Å²) in [5.74, 6) is -2.00. The lowest BCUT2D eigenvalue weighted by Crippen LogP contribution is -2.24. The molecule has 13 heteroatoms. The Labute approximate surface area is 206 Å². The van der Waals surface area contributed by atoms with E-state index in [1.807, 2.05) is 24.1 Å². The van der Waals surface area contributed by atoms with Crippen LogP contribution in [0.3, 0.4) is 0 Å². The lowest BCUT2D eigenvalue weighted by molar-refractivity contribution is -0.139. The van der Waals surface area contributed by atoms with Crippen molar-refractivity contribution in [2.75, 3.05) is 23.4 Å². The third-order valence-corrected chi connectivity index (χ3v) is 4.99. The van der Waals surface area contributed by atoms with Crippen molar-refractivity contribution >= 4 is 46.5 Å². The summed E-state index contributed by atoms with van der Waals surface area (Å²) in [6.07, 6.45) is 0.856. The van der Waals surface area contributed by atoms with Gasteiger partial charge in [0.25, 0.3) is 0 Å². The number of nitrogens with zero attached hydrogens (tertiary/aromatic N) is 6.